The van der Waals surface area contributed by atoms with Gasteiger partial charge in [0, 0.05) is 43.4 Å². The SMILES string of the molecule is CNc1cc(NC2CC(F)(F)C2)c(C(=O)Nc2ccc(F)c(Cl)c2)cc1[N+](=O)[O-]. The average Bonchev–Trinajstić information content (AvgIpc) is 2.62. The van der Waals surface area contributed by atoms with Crippen LogP contribution in [0.25, 0.3) is 0 Å². The van der Waals surface area contributed by atoms with Gasteiger partial charge in [0.05, 0.1) is 15.5 Å². The van der Waals surface area contributed by atoms with Crippen LogP contribution in [0.5, 0.6) is 0 Å². The van der Waals surface area contributed by atoms with Crippen LogP contribution in [-0.4, -0.2) is 29.8 Å². The molecular weight excluding hydrogens is 413 g/mol. The summed E-state index contributed by atoms with van der Waals surface area (Å²) in [6.45, 7) is 0. The maximum atomic E-state index is 13.3. The Balaban J connectivity index is 1.94. The highest BCUT2D eigenvalue weighted by Crippen LogP contribution is 2.41. The highest BCUT2D eigenvalue weighted by atomic mass is 35.5. The smallest absolute Gasteiger partial charge is 0.293 e. The Bertz CT molecular complexity index is 979. The number of halogens is 4. The third-order valence-electron chi connectivity index (χ3n) is 4.47. The van der Waals surface area contributed by atoms with Crippen molar-refractivity contribution in [3.05, 3.63) is 56.8 Å². The largest absolute Gasteiger partial charge is 0.383 e. The van der Waals surface area contributed by atoms with E-state index in [4.69, 9.17) is 11.6 Å². The summed E-state index contributed by atoms with van der Waals surface area (Å²) in [6, 6.07) is 5.30. The van der Waals surface area contributed by atoms with Crippen LogP contribution in [0.1, 0.15) is 23.2 Å². The molecule has 154 valence electrons. The number of benzene rings is 2. The van der Waals surface area contributed by atoms with E-state index in [2.05, 4.69) is 16.0 Å². The van der Waals surface area contributed by atoms with E-state index in [1.165, 1.54) is 25.2 Å². The molecule has 1 aliphatic carbocycles. The van der Waals surface area contributed by atoms with Crippen LogP contribution in [0.3, 0.4) is 0 Å². The van der Waals surface area contributed by atoms with Gasteiger partial charge in [-0.2, -0.15) is 0 Å². The van der Waals surface area contributed by atoms with Crippen molar-refractivity contribution >= 4 is 40.3 Å². The molecule has 1 aliphatic rings. The lowest BCUT2D eigenvalue weighted by Gasteiger charge is -2.36. The van der Waals surface area contributed by atoms with E-state index in [9.17, 15) is 28.1 Å². The summed E-state index contributed by atoms with van der Waals surface area (Å²) in [5.41, 5.74) is -0.0374. The minimum absolute atomic E-state index is 0.116. The number of hydrogen-bond acceptors (Lipinski definition) is 5. The number of nitrogens with zero attached hydrogens (tertiary/aromatic N) is 1. The zero-order chi connectivity index (χ0) is 21.3. The van der Waals surface area contributed by atoms with Crippen molar-refractivity contribution in [2.24, 2.45) is 0 Å². The highest BCUT2D eigenvalue weighted by molar-refractivity contribution is 6.31. The number of nitrogens with one attached hydrogen (secondary N) is 3. The van der Waals surface area contributed by atoms with Gasteiger partial charge in [0.25, 0.3) is 17.5 Å². The lowest BCUT2D eigenvalue weighted by Crippen LogP contribution is -2.44. The Kier molecular flexibility index (Phi) is 5.56. The number of hydrogen-bond donors (Lipinski definition) is 3. The molecule has 1 amide bonds. The lowest BCUT2D eigenvalue weighted by molar-refractivity contribution is -0.383. The first kappa shape index (κ1) is 20.7. The van der Waals surface area contributed by atoms with Crippen molar-refractivity contribution in [2.45, 2.75) is 24.8 Å². The summed E-state index contributed by atoms with van der Waals surface area (Å²) in [4.78, 5) is 23.4. The van der Waals surface area contributed by atoms with Crippen LogP contribution < -0.4 is 16.0 Å². The van der Waals surface area contributed by atoms with E-state index in [-0.39, 0.29) is 33.3 Å². The maximum Gasteiger partial charge on any atom is 0.293 e. The fourth-order valence-corrected chi connectivity index (χ4v) is 3.18. The first-order chi connectivity index (χ1) is 13.6. The Morgan fingerprint density at radius 1 is 1.24 bits per heavy atom. The minimum atomic E-state index is -2.78. The predicted octanol–water partition coefficient (Wildman–Crippen LogP) is 4.89. The summed E-state index contributed by atoms with van der Waals surface area (Å²) in [5, 5.41) is 19.1. The number of alkyl halides is 2. The molecule has 7 nitrogen and oxygen atoms in total. The van der Waals surface area contributed by atoms with Gasteiger partial charge in [-0.05, 0) is 24.3 Å². The monoisotopic (exact) mass is 428 g/mol. The van der Waals surface area contributed by atoms with Crippen LogP contribution >= 0.6 is 11.6 Å². The third-order valence-corrected chi connectivity index (χ3v) is 4.76. The van der Waals surface area contributed by atoms with Crippen LogP contribution in [0.15, 0.2) is 30.3 Å². The average molecular weight is 429 g/mol. The molecule has 1 saturated carbocycles. The van der Waals surface area contributed by atoms with Gasteiger partial charge in [-0.25, -0.2) is 13.2 Å². The molecule has 1 fully saturated rings. The van der Waals surface area contributed by atoms with Crippen LogP contribution in [0, 0.1) is 15.9 Å². The molecule has 0 saturated heterocycles. The Labute approximate surface area is 168 Å². The number of nitro groups is 1. The van der Waals surface area contributed by atoms with Gasteiger partial charge >= 0.3 is 0 Å². The van der Waals surface area contributed by atoms with Crippen LogP contribution in [0.4, 0.5) is 35.9 Å². The van der Waals surface area contributed by atoms with E-state index in [1.807, 2.05) is 0 Å². The number of rotatable bonds is 6. The van der Waals surface area contributed by atoms with E-state index < -0.39 is 41.5 Å². The van der Waals surface area contributed by atoms with Crippen LogP contribution in [0.2, 0.25) is 5.02 Å². The molecule has 3 N–H and O–H groups in total. The van der Waals surface area contributed by atoms with Gasteiger partial charge in [-0.1, -0.05) is 11.6 Å². The molecule has 0 bridgehead atoms. The van der Waals surface area contributed by atoms with E-state index >= 15 is 0 Å². The standard InChI is InChI=1S/C18H16ClF3N4O3/c1-23-15-6-14(24-10-7-18(21,22)8-10)11(5-16(15)26(28)29)17(27)25-9-2-3-13(20)12(19)4-9/h2-6,10,23-24H,7-8H2,1H3,(H,25,27). The number of anilines is 3. The van der Waals surface area contributed by atoms with Gasteiger partial charge < -0.3 is 16.0 Å². The lowest BCUT2D eigenvalue weighted by atomic mass is 9.88. The molecule has 0 aliphatic heterocycles. The van der Waals surface area contributed by atoms with Crippen molar-refractivity contribution in [3.63, 3.8) is 0 Å². The van der Waals surface area contributed by atoms with Gasteiger partial charge in [-0.15, -0.1) is 0 Å². The van der Waals surface area contributed by atoms with Crippen molar-refractivity contribution < 1.29 is 22.9 Å². The second-order valence-electron chi connectivity index (χ2n) is 6.61. The highest BCUT2D eigenvalue weighted by Gasteiger charge is 2.45. The molecular formula is C18H16ClF3N4O3. The van der Waals surface area contributed by atoms with Gasteiger partial charge in [0.2, 0.25) is 0 Å². The van der Waals surface area contributed by atoms with Crippen LogP contribution in [-0.2, 0) is 0 Å². The fraction of sp³-hybridized carbons (Fsp3) is 0.278. The summed E-state index contributed by atoms with van der Waals surface area (Å²) in [6.07, 6.45) is -0.818. The Morgan fingerprint density at radius 3 is 2.48 bits per heavy atom. The zero-order valence-corrected chi connectivity index (χ0v) is 15.8. The molecule has 0 aromatic heterocycles. The van der Waals surface area contributed by atoms with Gasteiger partial charge in [-0.3, -0.25) is 14.9 Å². The Morgan fingerprint density at radius 2 is 1.93 bits per heavy atom. The molecule has 2 aromatic rings. The first-order valence-corrected chi connectivity index (χ1v) is 8.88. The summed E-state index contributed by atoms with van der Waals surface area (Å²) in [7, 11) is 1.46. The van der Waals surface area contributed by atoms with Crippen molar-refractivity contribution in [1.82, 2.24) is 0 Å². The molecule has 0 atom stereocenters. The molecule has 3 rings (SSSR count). The van der Waals surface area contributed by atoms with E-state index in [0.29, 0.717) is 0 Å². The number of carbonyl (C=O) groups excluding carboxylic acids is 1. The second kappa shape index (κ2) is 7.78. The summed E-state index contributed by atoms with van der Waals surface area (Å²) >= 11 is 5.70. The van der Waals surface area contributed by atoms with Gasteiger partial charge in [0.15, 0.2) is 0 Å². The van der Waals surface area contributed by atoms with Crippen molar-refractivity contribution in [3.8, 4) is 0 Å². The predicted molar refractivity (Wildman–Crippen MR) is 104 cm³/mol. The summed E-state index contributed by atoms with van der Waals surface area (Å²) in [5.74, 6) is -4.20. The minimum Gasteiger partial charge on any atom is -0.383 e. The van der Waals surface area contributed by atoms with Crippen molar-refractivity contribution in [1.29, 1.82) is 0 Å². The van der Waals surface area contributed by atoms with Gasteiger partial charge in [0.1, 0.15) is 11.5 Å². The van der Waals surface area contributed by atoms with Crippen molar-refractivity contribution in [2.75, 3.05) is 23.0 Å². The molecule has 0 unspecified atom stereocenters. The fourth-order valence-electron chi connectivity index (χ4n) is 3.00. The molecule has 29 heavy (non-hydrogen) atoms. The number of amides is 1. The molecule has 0 radical (unpaired) electrons. The quantitative estimate of drug-likeness (QED) is 0.449. The third kappa shape index (κ3) is 4.53. The number of carbonyl (C=O) groups is 1. The van der Waals surface area contributed by atoms with E-state index in [0.717, 1.165) is 12.1 Å². The Hall–Kier alpha value is -3.01. The zero-order valence-electron chi connectivity index (χ0n) is 15.1. The number of nitro benzene ring substituents is 1. The first-order valence-electron chi connectivity index (χ1n) is 8.50. The topological polar surface area (TPSA) is 96.3 Å². The normalized spacial score (nSPS) is 15.3. The molecule has 0 spiro atoms. The maximum absolute atomic E-state index is 13.3. The summed E-state index contributed by atoms with van der Waals surface area (Å²) < 4.78 is 39.6. The molecule has 0 heterocycles. The molecule has 11 heteroatoms. The van der Waals surface area contributed by atoms with E-state index in [1.54, 1.807) is 0 Å². The molecule has 2 aromatic carbocycles. The second-order valence-corrected chi connectivity index (χ2v) is 7.02.